The molecule has 0 saturated carbocycles. The van der Waals surface area contributed by atoms with E-state index in [2.05, 4.69) is 29.4 Å². The minimum atomic E-state index is 0.519. The average molecular weight is 259 g/mol. The first-order chi connectivity index (χ1) is 8.22. The summed E-state index contributed by atoms with van der Waals surface area (Å²) in [4.78, 5) is 0. The van der Waals surface area contributed by atoms with Gasteiger partial charge < -0.3 is 14.8 Å². The maximum Gasteiger partial charge on any atom is 0.143 e. The van der Waals surface area contributed by atoms with Gasteiger partial charge in [-0.1, -0.05) is 25.2 Å². The fourth-order valence-corrected chi connectivity index (χ4v) is 1.94. The quantitative estimate of drug-likeness (QED) is 0.680. The van der Waals surface area contributed by atoms with E-state index < -0.39 is 0 Å². The Labute approximate surface area is 107 Å². The summed E-state index contributed by atoms with van der Waals surface area (Å²) in [6.07, 6.45) is 0. The fraction of sp³-hybridized carbons (Fsp3) is 0.818. The van der Waals surface area contributed by atoms with Crippen molar-refractivity contribution in [1.29, 1.82) is 0 Å². The highest BCUT2D eigenvalue weighted by Gasteiger charge is 2.04. The third-order valence-corrected chi connectivity index (χ3v) is 2.89. The van der Waals surface area contributed by atoms with Crippen LogP contribution in [-0.4, -0.2) is 37.1 Å². The first-order valence-corrected chi connectivity index (χ1v) is 6.62. The molecule has 6 heteroatoms. The highest BCUT2D eigenvalue weighted by molar-refractivity contribution is 7.11. The predicted molar refractivity (Wildman–Crippen MR) is 68.0 cm³/mol. The topological polar surface area (TPSA) is 56.3 Å². The van der Waals surface area contributed by atoms with Crippen LogP contribution in [0.15, 0.2) is 0 Å². The van der Waals surface area contributed by atoms with Crippen molar-refractivity contribution in [3.8, 4) is 0 Å². The van der Waals surface area contributed by atoms with Crippen LogP contribution >= 0.6 is 11.3 Å². The first kappa shape index (κ1) is 14.5. The molecule has 1 aromatic rings. The summed E-state index contributed by atoms with van der Waals surface area (Å²) < 4.78 is 10.3. The van der Waals surface area contributed by atoms with Crippen molar-refractivity contribution in [3.63, 3.8) is 0 Å². The van der Waals surface area contributed by atoms with Crippen LogP contribution in [0.3, 0.4) is 0 Å². The second-order valence-corrected chi connectivity index (χ2v) is 5.31. The van der Waals surface area contributed by atoms with E-state index in [0.717, 1.165) is 23.1 Å². The van der Waals surface area contributed by atoms with Crippen LogP contribution in [0.2, 0.25) is 0 Å². The van der Waals surface area contributed by atoms with Gasteiger partial charge in [-0.2, -0.15) is 0 Å². The monoisotopic (exact) mass is 259 g/mol. The van der Waals surface area contributed by atoms with Crippen molar-refractivity contribution >= 4 is 11.3 Å². The van der Waals surface area contributed by atoms with E-state index in [1.807, 2.05) is 0 Å². The number of hydrogen-bond donors (Lipinski definition) is 1. The average Bonchev–Trinajstić information content (AvgIpc) is 2.72. The zero-order valence-electron chi connectivity index (χ0n) is 10.7. The number of nitrogens with one attached hydrogen (secondary N) is 1. The zero-order valence-corrected chi connectivity index (χ0v) is 11.5. The Bertz CT molecular complexity index is 305. The van der Waals surface area contributed by atoms with Gasteiger partial charge in [0, 0.05) is 13.7 Å². The molecule has 1 rings (SSSR count). The number of aromatic nitrogens is 2. The van der Waals surface area contributed by atoms with Gasteiger partial charge in [0.05, 0.1) is 13.2 Å². The van der Waals surface area contributed by atoms with E-state index in [0.29, 0.717) is 25.7 Å². The van der Waals surface area contributed by atoms with Gasteiger partial charge in [-0.3, -0.25) is 0 Å². The SMILES string of the molecule is COCCOCc1nnc(CNCC(C)C)s1. The van der Waals surface area contributed by atoms with E-state index in [9.17, 15) is 0 Å². The molecule has 0 atom stereocenters. The highest BCUT2D eigenvalue weighted by Crippen LogP contribution is 2.10. The van der Waals surface area contributed by atoms with Gasteiger partial charge in [-0.15, -0.1) is 10.2 Å². The van der Waals surface area contributed by atoms with Gasteiger partial charge in [-0.05, 0) is 12.5 Å². The highest BCUT2D eigenvalue weighted by atomic mass is 32.1. The van der Waals surface area contributed by atoms with E-state index in [4.69, 9.17) is 9.47 Å². The molecule has 5 nitrogen and oxygen atoms in total. The van der Waals surface area contributed by atoms with Crippen molar-refractivity contribution in [2.24, 2.45) is 5.92 Å². The Morgan fingerprint density at radius 1 is 1.24 bits per heavy atom. The molecule has 0 amide bonds. The number of rotatable bonds is 9. The largest absolute Gasteiger partial charge is 0.382 e. The molecule has 0 bridgehead atoms. The minimum Gasteiger partial charge on any atom is -0.382 e. The molecular weight excluding hydrogens is 238 g/mol. The molecule has 1 aromatic heterocycles. The molecule has 0 aromatic carbocycles. The van der Waals surface area contributed by atoms with Crippen LogP contribution in [0.5, 0.6) is 0 Å². The Hall–Kier alpha value is -0.560. The summed E-state index contributed by atoms with van der Waals surface area (Å²) in [5, 5.41) is 13.4. The standard InChI is InChI=1S/C11H21N3O2S/c1-9(2)6-12-7-10-13-14-11(17-10)8-16-5-4-15-3/h9,12H,4-8H2,1-3H3. The molecule has 0 aliphatic carbocycles. The number of hydrogen-bond acceptors (Lipinski definition) is 6. The molecule has 0 fully saturated rings. The van der Waals surface area contributed by atoms with Gasteiger partial charge in [0.2, 0.25) is 0 Å². The smallest absolute Gasteiger partial charge is 0.143 e. The lowest BCUT2D eigenvalue weighted by Crippen LogP contribution is -2.18. The molecule has 0 aliphatic rings. The van der Waals surface area contributed by atoms with Crippen molar-refractivity contribution in [2.75, 3.05) is 26.9 Å². The third kappa shape index (κ3) is 6.68. The predicted octanol–water partition coefficient (Wildman–Crippen LogP) is 1.45. The second-order valence-electron chi connectivity index (χ2n) is 4.16. The summed E-state index contributed by atoms with van der Waals surface area (Å²) in [6, 6.07) is 0. The molecule has 0 aliphatic heterocycles. The van der Waals surface area contributed by atoms with Crippen LogP contribution in [-0.2, 0) is 22.6 Å². The van der Waals surface area contributed by atoms with Gasteiger partial charge in [0.1, 0.15) is 16.6 Å². The summed E-state index contributed by atoms with van der Waals surface area (Å²) >= 11 is 1.59. The molecule has 1 N–H and O–H groups in total. The molecule has 0 saturated heterocycles. The van der Waals surface area contributed by atoms with Crippen LogP contribution in [0.25, 0.3) is 0 Å². The first-order valence-electron chi connectivity index (χ1n) is 5.81. The number of nitrogens with zero attached hydrogens (tertiary/aromatic N) is 2. The van der Waals surface area contributed by atoms with Crippen LogP contribution in [0.1, 0.15) is 23.9 Å². The van der Waals surface area contributed by atoms with Crippen LogP contribution in [0, 0.1) is 5.92 Å². The van der Waals surface area contributed by atoms with Gasteiger partial charge in [0.25, 0.3) is 0 Å². The van der Waals surface area contributed by atoms with Crippen LogP contribution in [0.4, 0.5) is 0 Å². The van der Waals surface area contributed by atoms with Gasteiger partial charge >= 0.3 is 0 Å². The Morgan fingerprint density at radius 2 is 2.00 bits per heavy atom. The molecule has 0 radical (unpaired) electrons. The van der Waals surface area contributed by atoms with E-state index >= 15 is 0 Å². The molecule has 1 heterocycles. The van der Waals surface area contributed by atoms with Crippen molar-refractivity contribution in [2.45, 2.75) is 27.0 Å². The van der Waals surface area contributed by atoms with Gasteiger partial charge in [-0.25, -0.2) is 0 Å². The lowest BCUT2D eigenvalue weighted by atomic mass is 10.2. The fourth-order valence-electron chi connectivity index (χ4n) is 1.19. The normalized spacial score (nSPS) is 11.3. The van der Waals surface area contributed by atoms with Crippen molar-refractivity contribution in [1.82, 2.24) is 15.5 Å². The lowest BCUT2D eigenvalue weighted by Gasteiger charge is -2.04. The number of ether oxygens (including phenoxy) is 2. The van der Waals surface area contributed by atoms with Gasteiger partial charge in [0.15, 0.2) is 0 Å². The Morgan fingerprint density at radius 3 is 2.71 bits per heavy atom. The maximum absolute atomic E-state index is 5.38. The summed E-state index contributed by atoms with van der Waals surface area (Å²) in [6.45, 7) is 7.88. The third-order valence-electron chi connectivity index (χ3n) is 1.99. The van der Waals surface area contributed by atoms with Crippen molar-refractivity contribution < 1.29 is 9.47 Å². The molecule has 0 unspecified atom stereocenters. The second kappa shape index (κ2) is 8.52. The minimum absolute atomic E-state index is 0.519. The Kier molecular flexibility index (Phi) is 7.27. The Balaban J connectivity index is 2.18. The molecule has 98 valence electrons. The van der Waals surface area contributed by atoms with E-state index in [-0.39, 0.29) is 0 Å². The van der Waals surface area contributed by atoms with E-state index in [1.54, 1.807) is 18.4 Å². The number of methoxy groups -OCH3 is 1. The summed E-state index contributed by atoms with van der Waals surface area (Å²) in [5.41, 5.74) is 0. The van der Waals surface area contributed by atoms with E-state index in [1.165, 1.54) is 0 Å². The molecular formula is C11H21N3O2S. The lowest BCUT2D eigenvalue weighted by molar-refractivity contribution is 0.0613. The summed E-state index contributed by atoms with van der Waals surface area (Å²) in [7, 11) is 1.66. The van der Waals surface area contributed by atoms with Crippen molar-refractivity contribution in [3.05, 3.63) is 10.0 Å². The molecule has 17 heavy (non-hydrogen) atoms. The molecule has 0 spiro atoms. The van der Waals surface area contributed by atoms with Crippen LogP contribution < -0.4 is 5.32 Å². The zero-order chi connectivity index (χ0) is 12.5. The summed E-state index contributed by atoms with van der Waals surface area (Å²) in [5.74, 6) is 0.653. The maximum atomic E-state index is 5.38.